The van der Waals surface area contributed by atoms with Gasteiger partial charge in [-0.15, -0.1) is 0 Å². The molecule has 0 saturated carbocycles. The summed E-state index contributed by atoms with van der Waals surface area (Å²) in [6, 6.07) is 0.108. The fourth-order valence-corrected chi connectivity index (χ4v) is 3.38. The molecule has 0 aromatic carbocycles. The second kappa shape index (κ2) is 15.2. The summed E-state index contributed by atoms with van der Waals surface area (Å²) in [5.41, 5.74) is 5.55. The van der Waals surface area contributed by atoms with Crippen LogP contribution in [0.1, 0.15) is 103 Å². The molecular formula is C21H41N3O. The molecule has 0 amide bonds. The van der Waals surface area contributed by atoms with Crippen molar-refractivity contribution < 1.29 is 5.21 Å². The van der Waals surface area contributed by atoms with E-state index in [1.165, 1.54) is 83.5 Å². The van der Waals surface area contributed by atoms with Crippen molar-refractivity contribution in [3.8, 4) is 0 Å². The van der Waals surface area contributed by atoms with Crippen molar-refractivity contribution in [2.45, 2.75) is 109 Å². The first kappa shape index (κ1) is 22.0. The minimum atomic E-state index is 0.108. The molecule has 1 unspecified atom stereocenters. The highest BCUT2D eigenvalue weighted by atomic mass is 16.5. The Morgan fingerprint density at radius 1 is 0.920 bits per heavy atom. The van der Waals surface area contributed by atoms with Crippen LogP contribution in [0.3, 0.4) is 0 Å². The standard InChI is InChI=1S/C21H41N3O/c1-2-3-4-5-6-7-8-9-10-11-12-13-14-15-16-17-18-20-19-23-21(22)24(20)25/h9-10,20,25H,2-8,11-19H2,1H3,(H2,22,23)/b10-9-. The number of hydroxylamine groups is 2. The van der Waals surface area contributed by atoms with Crippen LogP contribution >= 0.6 is 0 Å². The molecule has 4 heteroatoms. The number of rotatable bonds is 16. The van der Waals surface area contributed by atoms with Gasteiger partial charge in [0.25, 0.3) is 0 Å². The normalized spacial score (nSPS) is 17.6. The molecule has 0 spiro atoms. The molecule has 0 radical (unpaired) electrons. The Morgan fingerprint density at radius 2 is 1.44 bits per heavy atom. The Hall–Kier alpha value is -1.03. The number of allylic oxidation sites excluding steroid dienone is 2. The summed E-state index contributed by atoms with van der Waals surface area (Å²) < 4.78 is 0. The van der Waals surface area contributed by atoms with E-state index < -0.39 is 0 Å². The molecular weight excluding hydrogens is 310 g/mol. The molecule has 3 N–H and O–H groups in total. The molecule has 0 saturated heterocycles. The smallest absolute Gasteiger partial charge is 0.215 e. The quantitative estimate of drug-likeness (QED) is 0.273. The lowest BCUT2D eigenvalue weighted by Gasteiger charge is -2.18. The minimum absolute atomic E-state index is 0.108. The van der Waals surface area contributed by atoms with Crippen LogP contribution in [0.4, 0.5) is 0 Å². The number of hydrogen-bond acceptors (Lipinski definition) is 4. The number of aliphatic imine (C=N–C) groups is 1. The zero-order chi connectivity index (χ0) is 18.2. The van der Waals surface area contributed by atoms with Crippen LogP contribution in [0.2, 0.25) is 0 Å². The minimum Gasteiger partial charge on any atom is -0.368 e. The van der Waals surface area contributed by atoms with Gasteiger partial charge >= 0.3 is 0 Å². The van der Waals surface area contributed by atoms with E-state index in [4.69, 9.17) is 5.73 Å². The predicted molar refractivity (Wildman–Crippen MR) is 108 cm³/mol. The monoisotopic (exact) mass is 351 g/mol. The van der Waals surface area contributed by atoms with Gasteiger partial charge in [-0.3, -0.25) is 5.21 Å². The van der Waals surface area contributed by atoms with E-state index in [0.29, 0.717) is 6.54 Å². The SMILES string of the molecule is CCCCCCCC/C=C\CCCCCCCCC1CN=C(N)N1O. The maximum Gasteiger partial charge on any atom is 0.215 e. The topological polar surface area (TPSA) is 61.8 Å². The fraction of sp³-hybridized carbons (Fsp3) is 0.857. The van der Waals surface area contributed by atoms with Crippen LogP contribution in [0.5, 0.6) is 0 Å². The van der Waals surface area contributed by atoms with Crippen molar-refractivity contribution in [3.63, 3.8) is 0 Å². The molecule has 0 aromatic heterocycles. The average Bonchev–Trinajstić information content (AvgIpc) is 2.93. The summed E-state index contributed by atoms with van der Waals surface area (Å²) >= 11 is 0. The van der Waals surface area contributed by atoms with Crippen molar-refractivity contribution in [1.82, 2.24) is 5.06 Å². The van der Waals surface area contributed by atoms with E-state index in [1.54, 1.807) is 0 Å². The maximum atomic E-state index is 9.65. The Bertz CT molecular complexity index is 368. The van der Waals surface area contributed by atoms with Gasteiger partial charge in [-0.05, 0) is 32.1 Å². The average molecular weight is 352 g/mol. The zero-order valence-electron chi connectivity index (χ0n) is 16.5. The van der Waals surface area contributed by atoms with Gasteiger partial charge in [0.1, 0.15) is 0 Å². The first-order chi connectivity index (χ1) is 12.3. The van der Waals surface area contributed by atoms with Gasteiger partial charge in [-0.2, -0.15) is 0 Å². The van der Waals surface area contributed by atoms with Crippen LogP contribution in [-0.2, 0) is 0 Å². The number of nitrogens with zero attached hydrogens (tertiary/aromatic N) is 2. The molecule has 1 rings (SSSR count). The van der Waals surface area contributed by atoms with Gasteiger partial charge in [-0.25, -0.2) is 10.1 Å². The summed E-state index contributed by atoms with van der Waals surface area (Å²) in [5.74, 6) is 0.273. The van der Waals surface area contributed by atoms with E-state index in [2.05, 4.69) is 24.1 Å². The summed E-state index contributed by atoms with van der Waals surface area (Å²) in [6.45, 7) is 2.92. The van der Waals surface area contributed by atoms with Gasteiger partial charge in [0.15, 0.2) is 0 Å². The first-order valence-corrected chi connectivity index (χ1v) is 10.7. The summed E-state index contributed by atoms with van der Waals surface area (Å²) in [4.78, 5) is 4.05. The van der Waals surface area contributed by atoms with Crippen molar-refractivity contribution in [2.75, 3.05) is 6.54 Å². The molecule has 0 fully saturated rings. The Labute approximate surface area is 155 Å². The van der Waals surface area contributed by atoms with Crippen LogP contribution in [0, 0.1) is 0 Å². The summed E-state index contributed by atoms with van der Waals surface area (Å²) in [7, 11) is 0. The molecule has 0 aromatic rings. The third kappa shape index (κ3) is 11.2. The van der Waals surface area contributed by atoms with Gasteiger partial charge in [-0.1, -0.05) is 83.3 Å². The number of unbranched alkanes of at least 4 members (excludes halogenated alkanes) is 12. The number of hydrogen-bond donors (Lipinski definition) is 2. The highest BCUT2D eigenvalue weighted by Gasteiger charge is 2.23. The Morgan fingerprint density at radius 3 is 1.96 bits per heavy atom. The van der Waals surface area contributed by atoms with E-state index in [1.807, 2.05) is 0 Å². The molecule has 0 aliphatic carbocycles. The van der Waals surface area contributed by atoms with Crippen LogP contribution in [0.15, 0.2) is 17.1 Å². The molecule has 25 heavy (non-hydrogen) atoms. The zero-order valence-corrected chi connectivity index (χ0v) is 16.5. The lowest BCUT2D eigenvalue weighted by Crippen LogP contribution is -2.37. The van der Waals surface area contributed by atoms with Gasteiger partial charge in [0.2, 0.25) is 5.96 Å². The lowest BCUT2D eigenvalue weighted by molar-refractivity contribution is -0.0448. The van der Waals surface area contributed by atoms with E-state index >= 15 is 0 Å². The molecule has 1 atom stereocenters. The third-order valence-electron chi connectivity index (χ3n) is 5.09. The van der Waals surface area contributed by atoms with Crippen LogP contribution in [0.25, 0.3) is 0 Å². The molecule has 0 bridgehead atoms. The summed E-state index contributed by atoms with van der Waals surface area (Å²) in [6.07, 6.45) is 24.3. The van der Waals surface area contributed by atoms with Gasteiger partial charge in [0, 0.05) is 0 Å². The van der Waals surface area contributed by atoms with Gasteiger partial charge in [0.05, 0.1) is 12.6 Å². The third-order valence-corrected chi connectivity index (χ3v) is 5.09. The molecule has 1 heterocycles. The van der Waals surface area contributed by atoms with Crippen molar-refractivity contribution in [3.05, 3.63) is 12.2 Å². The molecule has 4 nitrogen and oxygen atoms in total. The van der Waals surface area contributed by atoms with Gasteiger partial charge < -0.3 is 5.73 Å². The second-order valence-electron chi connectivity index (χ2n) is 7.42. The van der Waals surface area contributed by atoms with Crippen molar-refractivity contribution in [1.29, 1.82) is 0 Å². The fourth-order valence-electron chi connectivity index (χ4n) is 3.38. The molecule has 1 aliphatic heterocycles. The van der Waals surface area contributed by atoms with E-state index in [9.17, 15) is 5.21 Å². The van der Waals surface area contributed by atoms with Crippen molar-refractivity contribution >= 4 is 5.96 Å². The Balaban J connectivity index is 1.76. The predicted octanol–water partition coefficient (Wildman–Crippen LogP) is 5.80. The van der Waals surface area contributed by atoms with Crippen LogP contribution < -0.4 is 5.73 Å². The number of guanidine groups is 1. The largest absolute Gasteiger partial charge is 0.368 e. The second-order valence-corrected chi connectivity index (χ2v) is 7.42. The highest BCUT2D eigenvalue weighted by molar-refractivity contribution is 5.78. The molecule has 146 valence electrons. The summed E-state index contributed by atoms with van der Waals surface area (Å²) in [5, 5.41) is 10.8. The maximum absolute atomic E-state index is 9.65. The van der Waals surface area contributed by atoms with E-state index in [-0.39, 0.29) is 12.0 Å². The molecule has 1 aliphatic rings. The van der Waals surface area contributed by atoms with E-state index in [0.717, 1.165) is 17.9 Å². The number of nitrogens with two attached hydrogens (primary N) is 1. The first-order valence-electron chi connectivity index (χ1n) is 10.7. The Kier molecular flexibility index (Phi) is 13.4. The highest BCUT2D eigenvalue weighted by Crippen LogP contribution is 2.15. The van der Waals surface area contributed by atoms with Crippen molar-refractivity contribution in [2.24, 2.45) is 10.7 Å². The lowest BCUT2D eigenvalue weighted by atomic mass is 10.0. The van der Waals surface area contributed by atoms with Crippen LogP contribution in [-0.4, -0.2) is 28.8 Å².